The lowest BCUT2D eigenvalue weighted by atomic mass is 10.1. The molecule has 8 nitrogen and oxygen atoms in total. The Morgan fingerprint density at radius 1 is 1.42 bits per heavy atom. The molecule has 1 atom stereocenters. The minimum Gasteiger partial charge on any atom is -0.375 e. The summed E-state index contributed by atoms with van der Waals surface area (Å²) in [4.78, 5) is 32.1. The van der Waals surface area contributed by atoms with Crippen molar-refractivity contribution in [1.82, 2.24) is 20.0 Å². The molecular weight excluding hydrogens is 312 g/mol. The molecule has 1 aliphatic heterocycles. The molecule has 8 heteroatoms. The molecule has 0 aromatic carbocycles. The van der Waals surface area contributed by atoms with Crippen LogP contribution in [0, 0.1) is 0 Å². The molecule has 1 amide bonds. The van der Waals surface area contributed by atoms with E-state index in [1.54, 1.807) is 11.0 Å². The van der Waals surface area contributed by atoms with Gasteiger partial charge in [0.15, 0.2) is 0 Å². The standard InChI is InChI=1S/C16H20N4O4/c1-2-11-7-14(24-19-11)16(22)20-5-6-23-13(9-20)4-3-12-8-15(21)18-10-17-12/h7-8,10,13H,2-6,9H2,1H3,(H,17,18,21)/t13-/m1/s1. The number of nitrogens with zero attached hydrogens (tertiary/aromatic N) is 3. The SMILES string of the molecule is CCc1cc(C(=O)N2CCO[C@H](CCc3cc(=O)[nH]cn3)C2)on1. The van der Waals surface area contributed by atoms with Gasteiger partial charge in [-0.2, -0.15) is 0 Å². The topological polar surface area (TPSA) is 101 Å². The highest BCUT2D eigenvalue weighted by Gasteiger charge is 2.27. The number of morpholine rings is 1. The number of hydrogen-bond donors (Lipinski definition) is 1. The van der Waals surface area contributed by atoms with E-state index >= 15 is 0 Å². The van der Waals surface area contributed by atoms with E-state index in [9.17, 15) is 9.59 Å². The molecule has 0 spiro atoms. The van der Waals surface area contributed by atoms with Crippen LogP contribution in [0.5, 0.6) is 0 Å². The van der Waals surface area contributed by atoms with Crippen LogP contribution in [0.3, 0.4) is 0 Å². The van der Waals surface area contributed by atoms with Crippen molar-refractivity contribution < 1.29 is 14.1 Å². The number of amides is 1. The lowest BCUT2D eigenvalue weighted by Gasteiger charge is -2.32. The highest BCUT2D eigenvalue weighted by atomic mass is 16.5. The Bertz CT molecular complexity index is 754. The van der Waals surface area contributed by atoms with Gasteiger partial charge in [0.05, 0.1) is 24.7 Å². The molecule has 0 radical (unpaired) electrons. The molecule has 2 aromatic rings. The average Bonchev–Trinajstić information content (AvgIpc) is 3.09. The normalized spacial score (nSPS) is 17.9. The van der Waals surface area contributed by atoms with Crippen LogP contribution in [0.1, 0.15) is 35.3 Å². The van der Waals surface area contributed by atoms with E-state index in [-0.39, 0.29) is 23.3 Å². The minimum absolute atomic E-state index is 0.0858. The zero-order valence-electron chi connectivity index (χ0n) is 13.5. The maximum atomic E-state index is 12.5. The quantitative estimate of drug-likeness (QED) is 0.869. The highest BCUT2D eigenvalue weighted by Crippen LogP contribution is 2.15. The van der Waals surface area contributed by atoms with Gasteiger partial charge in [-0.3, -0.25) is 9.59 Å². The van der Waals surface area contributed by atoms with Crippen LogP contribution in [0.15, 0.2) is 27.8 Å². The van der Waals surface area contributed by atoms with Crippen molar-refractivity contribution in [2.45, 2.75) is 32.3 Å². The minimum atomic E-state index is -0.168. The van der Waals surface area contributed by atoms with Gasteiger partial charge in [0.25, 0.3) is 11.5 Å². The average molecular weight is 332 g/mol. The smallest absolute Gasteiger partial charge is 0.292 e. The Morgan fingerprint density at radius 2 is 2.29 bits per heavy atom. The number of aromatic amines is 1. The van der Waals surface area contributed by atoms with Crippen LogP contribution in [0.25, 0.3) is 0 Å². The second-order valence-corrected chi connectivity index (χ2v) is 5.72. The van der Waals surface area contributed by atoms with Crippen LogP contribution in [0.4, 0.5) is 0 Å². The summed E-state index contributed by atoms with van der Waals surface area (Å²) in [6, 6.07) is 3.17. The first kappa shape index (κ1) is 16.4. The Morgan fingerprint density at radius 3 is 3.04 bits per heavy atom. The third-order valence-electron chi connectivity index (χ3n) is 4.02. The van der Waals surface area contributed by atoms with Gasteiger partial charge in [-0.1, -0.05) is 12.1 Å². The summed E-state index contributed by atoms with van der Waals surface area (Å²) in [5.41, 5.74) is 1.32. The van der Waals surface area contributed by atoms with Gasteiger partial charge >= 0.3 is 0 Å². The largest absolute Gasteiger partial charge is 0.375 e. The molecule has 0 aliphatic carbocycles. The van der Waals surface area contributed by atoms with E-state index < -0.39 is 0 Å². The fourth-order valence-electron chi connectivity index (χ4n) is 2.67. The second kappa shape index (κ2) is 7.39. The van der Waals surface area contributed by atoms with Crippen molar-refractivity contribution in [3.8, 4) is 0 Å². The number of carbonyl (C=O) groups excluding carboxylic acids is 1. The van der Waals surface area contributed by atoms with Gasteiger partial charge < -0.3 is 19.1 Å². The third kappa shape index (κ3) is 3.88. The maximum Gasteiger partial charge on any atom is 0.292 e. The number of nitrogens with one attached hydrogen (secondary N) is 1. The van der Waals surface area contributed by atoms with Crippen molar-refractivity contribution >= 4 is 5.91 Å². The summed E-state index contributed by atoms with van der Waals surface area (Å²) in [7, 11) is 0. The number of carbonyl (C=O) groups is 1. The first-order valence-corrected chi connectivity index (χ1v) is 8.05. The molecule has 3 heterocycles. The van der Waals surface area contributed by atoms with Gasteiger partial charge in [0.1, 0.15) is 0 Å². The molecule has 0 bridgehead atoms. The van der Waals surface area contributed by atoms with Gasteiger partial charge in [-0.15, -0.1) is 0 Å². The molecule has 2 aromatic heterocycles. The van der Waals surface area contributed by atoms with Crippen LogP contribution >= 0.6 is 0 Å². The maximum absolute atomic E-state index is 12.5. The Kier molecular flexibility index (Phi) is 5.05. The molecule has 24 heavy (non-hydrogen) atoms. The Balaban J connectivity index is 1.57. The van der Waals surface area contributed by atoms with E-state index in [1.165, 1.54) is 12.4 Å². The summed E-state index contributed by atoms with van der Waals surface area (Å²) in [6.45, 7) is 3.46. The van der Waals surface area contributed by atoms with Crippen LogP contribution < -0.4 is 5.56 Å². The zero-order chi connectivity index (χ0) is 16.9. The van der Waals surface area contributed by atoms with Crippen molar-refractivity contribution in [3.63, 3.8) is 0 Å². The lowest BCUT2D eigenvalue weighted by molar-refractivity contribution is -0.0258. The Labute approximate surface area is 138 Å². The highest BCUT2D eigenvalue weighted by molar-refractivity contribution is 5.91. The molecule has 1 N–H and O–H groups in total. The summed E-state index contributed by atoms with van der Waals surface area (Å²) < 4.78 is 10.8. The third-order valence-corrected chi connectivity index (χ3v) is 4.02. The van der Waals surface area contributed by atoms with Crippen LogP contribution in [0.2, 0.25) is 0 Å². The molecule has 1 fully saturated rings. The predicted octanol–water partition coefficient (Wildman–Crippen LogP) is 0.794. The van der Waals surface area contributed by atoms with Crippen LogP contribution in [-0.4, -0.2) is 51.7 Å². The number of ether oxygens (including phenoxy) is 1. The van der Waals surface area contributed by atoms with Gasteiger partial charge in [-0.25, -0.2) is 4.98 Å². The summed E-state index contributed by atoms with van der Waals surface area (Å²) in [6.07, 6.45) is 3.35. The van der Waals surface area contributed by atoms with Crippen molar-refractivity contribution in [2.75, 3.05) is 19.7 Å². The lowest BCUT2D eigenvalue weighted by Crippen LogP contribution is -2.45. The fraction of sp³-hybridized carbons (Fsp3) is 0.500. The molecule has 1 aliphatic rings. The van der Waals surface area contributed by atoms with Crippen molar-refractivity contribution in [2.24, 2.45) is 0 Å². The van der Waals surface area contributed by atoms with E-state index in [0.717, 1.165) is 12.1 Å². The molecular formula is C16H20N4O4. The number of H-pyrrole nitrogens is 1. The van der Waals surface area contributed by atoms with Crippen LogP contribution in [-0.2, 0) is 17.6 Å². The molecule has 0 saturated carbocycles. The van der Waals surface area contributed by atoms with Crippen molar-refractivity contribution in [3.05, 3.63) is 46.0 Å². The van der Waals surface area contributed by atoms with Crippen molar-refractivity contribution in [1.29, 1.82) is 0 Å². The summed E-state index contributed by atoms with van der Waals surface area (Å²) in [5.74, 6) is 0.105. The number of rotatable bonds is 5. The van der Waals surface area contributed by atoms with E-state index in [1.807, 2.05) is 6.92 Å². The summed E-state index contributed by atoms with van der Waals surface area (Å²) >= 11 is 0. The molecule has 1 saturated heterocycles. The van der Waals surface area contributed by atoms with E-state index in [2.05, 4.69) is 15.1 Å². The molecule has 0 unspecified atom stereocenters. The van der Waals surface area contributed by atoms with E-state index in [0.29, 0.717) is 38.2 Å². The predicted molar refractivity (Wildman–Crippen MR) is 84.7 cm³/mol. The van der Waals surface area contributed by atoms with Gasteiger partial charge in [0, 0.05) is 30.9 Å². The first-order valence-electron chi connectivity index (χ1n) is 8.05. The van der Waals surface area contributed by atoms with E-state index in [4.69, 9.17) is 9.26 Å². The monoisotopic (exact) mass is 332 g/mol. The molecule has 3 rings (SSSR count). The second-order valence-electron chi connectivity index (χ2n) is 5.72. The number of aryl methyl sites for hydroxylation is 2. The summed E-state index contributed by atoms with van der Waals surface area (Å²) in [5, 5.41) is 3.86. The first-order chi connectivity index (χ1) is 11.7. The van der Waals surface area contributed by atoms with Gasteiger partial charge in [-0.05, 0) is 19.3 Å². The fourth-order valence-corrected chi connectivity index (χ4v) is 2.67. The molecule has 128 valence electrons. The Hall–Kier alpha value is -2.48. The zero-order valence-corrected chi connectivity index (χ0v) is 13.5. The number of aromatic nitrogens is 3. The number of hydrogen-bond acceptors (Lipinski definition) is 6. The van der Waals surface area contributed by atoms with Gasteiger partial charge in [0.2, 0.25) is 5.76 Å².